The number of para-hydroxylation sites is 1. The number of aliphatic hydroxyl groups is 2. The van der Waals surface area contributed by atoms with E-state index >= 15 is 0 Å². The van der Waals surface area contributed by atoms with Gasteiger partial charge in [0.15, 0.2) is 12.2 Å². The topological polar surface area (TPSA) is 157 Å². The van der Waals surface area contributed by atoms with Gasteiger partial charge < -0.3 is 31.1 Å². The van der Waals surface area contributed by atoms with E-state index in [2.05, 4.69) is 30.1 Å². The number of carbonyl (C=O) groups is 2. The first-order valence-electron chi connectivity index (χ1n) is 6.87. The molecular formula is C15H20N2O6. The summed E-state index contributed by atoms with van der Waals surface area (Å²) >= 11 is 0. The van der Waals surface area contributed by atoms with E-state index in [0.29, 0.717) is 6.54 Å². The fourth-order valence-electron chi connectivity index (χ4n) is 2.07. The van der Waals surface area contributed by atoms with Crippen molar-refractivity contribution in [3.8, 4) is 0 Å². The molecule has 23 heavy (non-hydrogen) atoms. The van der Waals surface area contributed by atoms with E-state index < -0.39 is 24.1 Å². The number of aliphatic carboxylic acids is 2. The first kappa shape index (κ1) is 18.6. The van der Waals surface area contributed by atoms with Gasteiger partial charge >= 0.3 is 11.9 Å². The molecule has 0 saturated heterocycles. The van der Waals surface area contributed by atoms with Crippen LogP contribution in [0.25, 0.3) is 10.9 Å². The average molecular weight is 324 g/mol. The lowest BCUT2D eigenvalue weighted by Gasteiger charge is -2.07. The molecule has 2 aromatic rings. The Kier molecular flexibility index (Phi) is 6.70. The molecule has 0 aliphatic carbocycles. The summed E-state index contributed by atoms with van der Waals surface area (Å²) in [5, 5.41) is 33.8. The first-order chi connectivity index (χ1) is 10.8. The van der Waals surface area contributed by atoms with Crippen LogP contribution >= 0.6 is 0 Å². The smallest absolute Gasteiger partial charge is 0.335 e. The third-order valence-corrected chi connectivity index (χ3v) is 3.23. The lowest BCUT2D eigenvalue weighted by atomic mass is 10.1. The SMILES string of the molecule is Cc1[nH]c2ccccc2c1CCN.O=C(O)C(O)C(O)C(=O)O. The molecule has 0 radical (unpaired) electrons. The van der Waals surface area contributed by atoms with E-state index in [0.717, 1.165) is 6.42 Å². The van der Waals surface area contributed by atoms with Gasteiger partial charge in [-0.3, -0.25) is 0 Å². The van der Waals surface area contributed by atoms with E-state index in [9.17, 15) is 9.59 Å². The molecule has 0 aliphatic rings. The summed E-state index contributed by atoms with van der Waals surface area (Å²) in [6.07, 6.45) is -3.58. The highest BCUT2D eigenvalue weighted by Crippen LogP contribution is 2.21. The molecule has 0 bridgehead atoms. The van der Waals surface area contributed by atoms with Crippen LogP contribution in [0.15, 0.2) is 24.3 Å². The van der Waals surface area contributed by atoms with Crippen molar-refractivity contribution in [2.75, 3.05) is 6.54 Å². The van der Waals surface area contributed by atoms with Gasteiger partial charge in [0, 0.05) is 16.6 Å². The number of hydrogen-bond acceptors (Lipinski definition) is 5. The van der Waals surface area contributed by atoms with E-state index in [1.54, 1.807) is 0 Å². The molecule has 0 saturated carbocycles. The zero-order chi connectivity index (χ0) is 17.6. The lowest BCUT2D eigenvalue weighted by molar-refractivity contribution is -0.165. The molecule has 0 fully saturated rings. The van der Waals surface area contributed by atoms with Crippen LogP contribution in [-0.2, 0) is 16.0 Å². The Morgan fingerprint density at radius 1 is 1.13 bits per heavy atom. The van der Waals surface area contributed by atoms with Crippen LogP contribution in [0, 0.1) is 6.92 Å². The molecule has 0 amide bonds. The van der Waals surface area contributed by atoms with E-state index in [-0.39, 0.29) is 0 Å². The average Bonchev–Trinajstić information content (AvgIpc) is 2.83. The van der Waals surface area contributed by atoms with Crippen LogP contribution in [0.2, 0.25) is 0 Å². The number of aryl methyl sites for hydroxylation is 1. The minimum Gasteiger partial charge on any atom is -0.479 e. The van der Waals surface area contributed by atoms with Crippen LogP contribution < -0.4 is 5.73 Å². The number of aliphatic hydroxyl groups excluding tert-OH is 2. The minimum absolute atomic E-state index is 0.711. The van der Waals surface area contributed by atoms with Gasteiger partial charge in [0.25, 0.3) is 0 Å². The van der Waals surface area contributed by atoms with Crippen LogP contribution in [0.3, 0.4) is 0 Å². The van der Waals surface area contributed by atoms with Gasteiger partial charge in [-0.1, -0.05) is 18.2 Å². The van der Waals surface area contributed by atoms with Crippen molar-refractivity contribution in [3.05, 3.63) is 35.5 Å². The maximum absolute atomic E-state index is 9.77. The zero-order valence-electron chi connectivity index (χ0n) is 12.6. The number of aromatic nitrogens is 1. The number of hydrogen-bond donors (Lipinski definition) is 6. The Labute approximate surface area is 132 Å². The van der Waals surface area contributed by atoms with Crippen molar-refractivity contribution in [3.63, 3.8) is 0 Å². The Bertz CT molecular complexity index is 664. The van der Waals surface area contributed by atoms with Crippen LogP contribution in [0.4, 0.5) is 0 Å². The number of aromatic amines is 1. The number of rotatable bonds is 5. The lowest BCUT2D eigenvalue weighted by Crippen LogP contribution is -2.39. The zero-order valence-corrected chi connectivity index (χ0v) is 12.6. The van der Waals surface area contributed by atoms with Gasteiger partial charge in [-0.25, -0.2) is 9.59 Å². The Hall–Kier alpha value is -2.42. The highest BCUT2D eigenvalue weighted by atomic mass is 16.4. The number of nitrogens with one attached hydrogen (secondary N) is 1. The molecule has 8 heteroatoms. The van der Waals surface area contributed by atoms with Crippen LogP contribution in [0.1, 0.15) is 11.3 Å². The van der Waals surface area contributed by atoms with Gasteiger partial charge in [-0.05, 0) is 31.5 Å². The molecule has 2 unspecified atom stereocenters. The molecular weight excluding hydrogens is 304 g/mol. The second-order valence-corrected chi connectivity index (χ2v) is 4.88. The number of H-pyrrole nitrogens is 1. The summed E-state index contributed by atoms with van der Waals surface area (Å²) in [7, 11) is 0. The van der Waals surface area contributed by atoms with Crippen LogP contribution in [0.5, 0.6) is 0 Å². The molecule has 2 atom stereocenters. The van der Waals surface area contributed by atoms with Crippen molar-refractivity contribution < 1.29 is 30.0 Å². The molecule has 8 nitrogen and oxygen atoms in total. The van der Waals surface area contributed by atoms with Gasteiger partial charge in [-0.15, -0.1) is 0 Å². The normalized spacial score (nSPS) is 13.0. The van der Waals surface area contributed by atoms with Gasteiger partial charge in [-0.2, -0.15) is 0 Å². The predicted molar refractivity (Wildman–Crippen MR) is 83.1 cm³/mol. The highest BCUT2D eigenvalue weighted by molar-refractivity contribution is 5.84. The van der Waals surface area contributed by atoms with Gasteiger partial charge in [0.2, 0.25) is 0 Å². The van der Waals surface area contributed by atoms with E-state index in [1.807, 2.05) is 6.07 Å². The Balaban J connectivity index is 0.000000241. The van der Waals surface area contributed by atoms with E-state index in [4.69, 9.17) is 26.2 Å². The minimum atomic E-state index is -2.27. The number of carboxylic acid groups (broad SMARTS) is 2. The monoisotopic (exact) mass is 324 g/mol. The largest absolute Gasteiger partial charge is 0.479 e. The molecule has 1 aromatic heterocycles. The van der Waals surface area contributed by atoms with Crippen molar-refractivity contribution in [1.82, 2.24) is 4.98 Å². The number of fused-ring (bicyclic) bond motifs is 1. The highest BCUT2D eigenvalue weighted by Gasteiger charge is 2.29. The van der Waals surface area contributed by atoms with Crippen LogP contribution in [-0.4, -0.2) is 56.1 Å². The molecule has 1 heterocycles. The van der Waals surface area contributed by atoms with Crippen molar-refractivity contribution in [1.29, 1.82) is 0 Å². The van der Waals surface area contributed by atoms with E-state index in [1.165, 1.54) is 22.2 Å². The number of benzene rings is 1. The third-order valence-electron chi connectivity index (χ3n) is 3.23. The van der Waals surface area contributed by atoms with Gasteiger partial charge in [0.05, 0.1) is 0 Å². The summed E-state index contributed by atoms with van der Waals surface area (Å²) in [6, 6.07) is 8.35. The predicted octanol–water partition coefficient (Wildman–Crippen LogP) is -0.145. The molecule has 1 aromatic carbocycles. The fraction of sp³-hybridized carbons (Fsp3) is 0.333. The summed E-state index contributed by atoms with van der Waals surface area (Å²) < 4.78 is 0. The van der Waals surface area contributed by atoms with Crippen molar-refractivity contribution in [2.45, 2.75) is 25.6 Å². The number of carboxylic acids is 2. The molecule has 0 aliphatic heterocycles. The maximum Gasteiger partial charge on any atom is 0.335 e. The Morgan fingerprint density at radius 2 is 1.65 bits per heavy atom. The fourth-order valence-corrected chi connectivity index (χ4v) is 2.07. The summed E-state index contributed by atoms with van der Waals surface area (Å²) in [5.41, 5.74) is 9.38. The van der Waals surface area contributed by atoms with Gasteiger partial charge in [0.1, 0.15) is 0 Å². The molecule has 0 spiro atoms. The molecule has 2 rings (SSSR count). The first-order valence-corrected chi connectivity index (χ1v) is 6.87. The Morgan fingerprint density at radius 3 is 2.13 bits per heavy atom. The second-order valence-electron chi connectivity index (χ2n) is 4.88. The third kappa shape index (κ3) is 4.78. The summed E-state index contributed by atoms with van der Waals surface area (Å²) in [6.45, 7) is 2.81. The standard InChI is InChI=1S/C11H14N2.C4H6O6/c1-8-9(6-7-12)10-4-2-3-5-11(10)13-8;5-1(3(7)8)2(6)4(9)10/h2-5,13H,6-7,12H2,1H3;1-2,5-6H,(H,7,8)(H,9,10). The number of nitrogens with two attached hydrogens (primary N) is 1. The molecule has 126 valence electrons. The summed E-state index contributed by atoms with van der Waals surface area (Å²) in [4.78, 5) is 22.9. The second kappa shape index (κ2) is 8.28. The maximum atomic E-state index is 9.77. The van der Waals surface area contributed by atoms with Crippen molar-refractivity contribution in [2.24, 2.45) is 5.73 Å². The summed E-state index contributed by atoms with van der Waals surface area (Å²) in [5.74, 6) is -3.54. The van der Waals surface area contributed by atoms with Crippen molar-refractivity contribution >= 4 is 22.8 Å². The molecule has 7 N–H and O–H groups in total. The quantitative estimate of drug-likeness (QED) is 0.446.